The van der Waals surface area contributed by atoms with E-state index in [2.05, 4.69) is 24.3 Å². The molecular formula is C13H22N4O2. The molecule has 1 aliphatic carbocycles. The Balaban J connectivity index is 2.36. The quantitative estimate of drug-likeness (QED) is 0.671. The number of hydrogen-bond acceptors (Lipinski definition) is 4. The zero-order valence-corrected chi connectivity index (χ0v) is 12.1. The van der Waals surface area contributed by atoms with Crippen LogP contribution >= 0.6 is 0 Å². The Bertz CT molecular complexity index is 493. The summed E-state index contributed by atoms with van der Waals surface area (Å²) in [7, 11) is 0. The summed E-state index contributed by atoms with van der Waals surface area (Å²) in [6, 6.07) is 0.271. The molecule has 0 amide bonds. The molecule has 0 bridgehead atoms. The van der Waals surface area contributed by atoms with E-state index in [-0.39, 0.29) is 22.1 Å². The van der Waals surface area contributed by atoms with Crippen LogP contribution in [0.5, 0.6) is 0 Å². The second-order valence-corrected chi connectivity index (χ2v) is 5.93. The van der Waals surface area contributed by atoms with E-state index in [1.807, 2.05) is 6.92 Å². The summed E-state index contributed by atoms with van der Waals surface area (Å²) >= 11 is 0. The summed E-state index contributed by atoms with van der Waals surface area (Å²) in [6.07, 6.45) is 3.37. The second kappa shape index (κ2) is 4.83. The Kier molecular flexibility index (Phi) is 3.52. The molecule has 1 saturated carbocycles. The van der Waals surface area contributed by atoms with Crippen molar-refractivity contribution in [2.45, 2.75) is 59.5 Å². The Morgan fingerprint density at radius 2 is 2.26 bits per heavy atom. The van der Waals surface area contributed by atoms with Gasteiger partial charge in [0.05, 0.1) is 4.92 Å². The van der Waals surface area contributed by atoms with E-state index in [1.54, 1.807) is 11.6 Å². The molecule has 0 spiro atoms. The van der Waals surface area contributed by atoms with Gasteiger partial charge in [-0.15, -0.1) is 0 Å². The van der Waals surface area contributed by atoms with E-state index in [0.29, 0.717) is 18.1 Å². The fourth-order valence-corrected chi connectivity index (χ4v) is 2.92. The van der Waals surface area contributed by atoms with E-state index in [1.165, 1.54) is 0 Å². The molecule has 19 heavy (non-hydrogen) atoms. The molecule has 0 radical (unpaired) electrons. The van der Waals surface area contributed by atoms with Crippen molar-refractivity contribution in [2.24, 2.45) is 5.41 Å². The molecule has 0 aromatic carbocycles. The lowest BCUT2D eigenvalue weighted by atomic mass is 9.87. The second-order valence-electron chi connectivity index (χ2n) is 5.93. The highest BCUT2D eigenvalue weighted by Gasteiger charge is 2.37. The van der Waals surface area contributed by atoms with Crippen molar-refractivity contribution in [1.29, 1.82) is 0 Å². The number of anilines is 1. The van der Waals surface area contributed by atoms with Gasteiger partial charge in [-0.1, -0.05) is 20.3 Å². The number of nitro groups is 1. The standard InChI is InChI=1S/C13H22N4O2/c1-5-16-12(11(17(18)19)9(2)15-16)14-10-7-6-8-13(10,3)4/h10,14H,5-8H2,1-4H3. The smallest absolute Gasteiger partial charge is 0.333 e. The molecule has 0 saturated heterocycles. The van der Waals surface area contributed by atoms with Gasteiger partial charge in [0.15, 0.2) is 0 Å². The fourth-order valence-electron chi connectivity index (χ4n) is 2.92. The lowest BCUT2D eigenvalue weighted by molar-refractivity contribution is -0.384. The molecule has 2 rings (SSSR count). The van der Waals surface area contributed by atoms with Crippen LogP contribution in [0.2, 0.25) is 0 Å². The van der Waals surface area contributed by atoms with Crippen LogP contribution in [0, 0.1) is 22.5 Å². The first-order chi connectivity index (χ1) is 8.86. The van der Waals surface area contributed by atoms with E-state index in [4.69, 9.17) is 0 Å². The first kappa shape index (κ1) is 13.8. The lowest BCUT2D eigenvalue weighted by Crippen LogP contribution is -2.32. The van der Waals surface area contributed by atoms with Gasteiger partial charge in [0.25, 0.3) is 0 Å². The van der Waals surface area contributed by atoms with Crippen molar-refractivity contribution in [1.82, 2.24) is 9.78 Å². The number of rotatable bonds is 4. The van der Waals surface area contributed by atoms with E-state index in [9.17, 15) is 10.1 Å². The van der Waals surface area contributed by atoms with E-state index < -0.39 is 0 Å². The fraction of sp³-hybridized carbons (Fsp3) is 0.769. The molecule has 1 aromatic heterocycles. The molecule has 106 valence electrons. The molecule has 1 heterocycles. The molecule has 6 heteroatoms. The van der Waals surface area contributed by atoms with Crippen molar-refractivity contribution in [3.63, 3.8) is 0 Å². The van der Waals surface area contributed by atoms with Gasteiger partial charge < -0.3 is 5.32 Å². The minimum atomic E-state index is -0.335. The monoisotopic (exact) mass is 266 g/mol. The summed E-state index contributed by atoms with van der Waals surface area (Å²) in [5, 5.41) is 18.9. The largest absolute Gasteiger partial charge is 0.361 e. The van der Waals surface area contributed by atoms with Crippen molar-refractivity contribution < 1.29 is 4.92 Å². The van der Waals surface area contributed by atoms with Crippen molar-refractivity contribution in [2.75, 3.05) is 5.32 Å². The summed E-state index contributed by atoms with van der Waals surface area (Å²) in [5.74, 6) is 0.560. The van der Waals surface area contributed by atoms with Crippen LogP contribution in [0.25, 0.3) is 0 Å². The molecule has 0 aliphatic heterocycles. The van der Waals surface area contributed by atoms with Gasteiger partial charge in [0.1, 0.15) is 5.69 Å². The third-order valence-electron chi connectivity index (χ3n) is 4.15. The molecule has 1 N–H and O–H groups in total. The molecule has 6 nitrogen and oxygen atoms in total. The molecule has 1 aliphatic rings. The normalized spacial score (nSPS) is 21.6. The van der Waals surface area contributed by atoms with Gasteiger partial charge in [-0.25, -0.2) is 4.68 Å². The van der Waals surface area contributed by atoms with E-state index in [0.717, 1.165) is 19.3 Å². The number of nitrogens with zero attached hydrogens (tertiary/aromatic N) is 3. The van der Waals surface area contributed by atoms with Gasteiger partial charge in [0.2, 0.25) is 5.82 Å². The maximum absolute atomic E-state index is 11.2. The summed E-state index contributed by atoms with van der Waals surface area (Å²) in [5.41, 5.74) is 0.764. The lowest BCUT2D eigenvalue weighted by Gasteiger charge is -2.28. The maximum atomic E-state index is 11.2. The van der Waals surface area contributed by atoms with Crippen LogP contribution in [0.1, 0.15) is 45.7 Å². The average Bonchev–Trinajstić information content (AvgIpc) is 2.80. The Hall–Kier alpha value is -1.59. The highest BCUT2D eigenvalue weighted by Crippen LogP contribution is 2.40. The van der Waals surface area contributed by atoms with Crippen LogP contribution in [0.3, 0.4) is 0 Å². The van der Waals surface area contributed by atoms with Crippen molar-refractivity contribution in [3.05, 3.63) is 15.8 Å². The van der Waals surface area contributed by atoms with Gasteiger partial charge >= 0.3 is 5.69 Å². The Labute approximate surface area is 113 Å². The Morgan fingerprint density at radius 1 is 1.58 bits per heavy atom. The van der Waals surface area contributed by atoms with Crippen LogP contribution in [0.4, 0.5) is 11.5 Å². The SMILES string of the molecule is CCn1nc(C)c([N+](=O)[O-])c1NC1CCCC1(C)C. The third-order valence-corrected chi connectivity index (χ3v) is 4.15. The van der Waals surface area contributed by atoms with Gasteiger partial charge in [-0.05, 0) is 32.1 Å². The van der Waals surface area contributed by atoms with Gasteiger partial charge in [-0.3, -0.25) is 10.1 Å². The molecule has 1 aromatic rings. The highest BCUT2D eigenvalue weighted by molar-refractivity contribution is 5.60. The maximum Gasteiger partial charge on any atom is 0.333 e. The topological polar surface area (TPSA) is 73.0 Å². The third kappa shape index (κ3) is 2.43. The number of nitrogens with one attached hydrogen (secondary N) is 1. The number of hydrogen-bond donors (Lipinski definition) is 1. The average molecular weight is 266 g/mol. The van der Waals surface area contributed by atoms with Crippen LogP contribution in [-0.2, 0) is 6.54 Å². The molecule has 1 fully saturated rings. The van der Waals surface area contributed by atoms with Crippen molar-refractivity contribution >= 4 is 11.5 Å². The van der Waals surface area contributed by atoms with Crippen molar-refractivity contribution in [3.8, 4) is 0 Å². The zero-order valence-electron chi connectivity index (χ0n) is 12.1. The van der Waals surface area contributed by atoms with Crippen LogP contribution in [0.15, 0.2) is 0 Å². The minimum absolute atomic E-state index is 0.115. The first-order valence-electron chi connectivity index (χ1n) is 6.85. The number of aromatic nitrogens is 2. The van der Waals surface area contributed by atoms with E-state index >= 15 is 0 Å². The Morgan fingerprint density at radius 3 is 2.74 bits per heavy atom. The number of aryl methyl sites for hydroxylation is 2. The van der Waals surface area contributed by atoms with Gasteiger partial charge in [-0.2, -0.15) is 5.10 Å². The molecule has 1 unspecified atom stereocenters. The highest BCUT2D eigenvalue weighted by atomic mass is 16.6. The predicted octanol–water partition coefficient (Wildman–Crippen LogP) is 3.11. The summed E-state index contributed by atoms with van der Waals surface area (Å²) in [4.78, 5) is 10.9. The zero-order chi connectivity index (χ0) is 14.2. The van der Waals surface area contributed by atoms with Gasteiger partial charge in [0, 0.05) is 12.6 Å². The summed E-state index contributed by atoms with van der Waals surface area (Å²) < 4.78 is 1.70. The minimum Gasteiger partial charge on any atom is -0.361 e. The summed E-state index contributed by atoms with van der Waals surface area (Å²) in [6.45, 7) is 8.69. The van der Waals surface area contributed by atoms with Crippen LogP contribution in [-0.4, -0.2) is 20.7 Å². The van der Waals surface area contributed by atoms with Crippen LogP contribution < -0.4 is 5.32 Å². The molecule has 1 atom stereocenters. The predicted molar refractivity (Wildman–Crippen MR) is 74.3 cm³/mol. The molecular weight excluding hydrogens is 244 g/mol. The first-order valence-corrected chi connectivity index (χ1v) is 6.85.